The fourth-order valence-electron chi connectivity index (χ4n) is 6.38. The Morgan fingerprint density at radius 1 is 1.19 bits per heavy atom. The minimum absolute atomic E-state index is 0.0623. The summed E-state index contributed by atoms with van der Waals surface area (Å²) in [7, 11) is 0. The molecule has 6 nitrogen and oxygen atoms in total. The number of amides is 2. The molecular weight excluding hydrogens is 390 g/mol. The van der Waals surface area contributed by atoms with E-state index in [0.29, 0.717) is 11.8 Å². The number of hydrogen-bond acceptors (Lipinski definition) is 4. The van der Waals surface area contributed by atoms with Crippen LogP contribution < -0.4 is 11.1 Å². The van der Waals surface area contributed by atoms with Crippen molar-refractivity contribution >= 4 is 12.0 Å². The monoisotopic (exact) mass is 427 g/mol. The summed E-state index contributed by atoms with van der Waals surface area (Å²) in [6.07, 6.45) is 6.57. The number of rotatable bonds is 5. The summed E-state index contributed by atoms with van der Waals surface area (Å²) in [5.74, 6) is 0.805. The van der Waals surface area contributed by atoms with Gasteiger partial charge in [0.2, 0.25) is 5.91 Å². The molecule has 1 saturated carbocycles. The van der Waals surface area contributed by atoms with Crippen molar-refractivity contribution in [2.24, 2.45) is 17.6 Å². The normalized spacial score (nSPS) is 34.0. The van der Waals surface area contributed by atoms with Crippen molar-refractivity contribution in [1.82, 2.24) is 10.2 Å². The molecule has 0 aromatic heterocycles. The maximum absolute atomic E-state index is 12.5. The van der Waals surface area contributed by atoms with E-state index in [-0.39, 0.29) is 41.8 Å². The van der Waals surface area contributed by atoms with Crippen LogP contribution >= 0.6 is 0 Å². The molecule has 3 fully saturated rings. The number of benzene rings is 1. The first-order chi connectivity index (χ1) is 14.7. The van der Waals surface area contributed by atoms with Crippen molar-refractivity contribution in [1.29, 1.82) is 0 Å². The summed E-state index contributed by atoms with van der Waals surface area (Å²) in [5, 5.41) is 3.03. The first kappa shape index (κ1) is 22.1. The highest BCUT2D eigenvalue weighted by molar-refractivity contribution is 5.80. The standard InChI is InChI=1S/C25H37N3O3/c1-25(2,3)28-20(18-12-8-7-11-17(18)14-21(28)23(26)29)15-22-19(27-24(30)31-22)13-16-9-5-4-6-10-16/h4-6,9-10,17-22H,7-8,11-15H2,1-3H3,(H2,26,29)(H,27,30). The van der Waals surface area contributed by atoms with Gasteiger partial charge in [-0.05, 0) is 57.4 Å². The number of primary amides is 1. The zero-order chi connectivity index (χ0) is 22.2. The molecule has 2 aliphatic heterocycles. The van der Waals surface area contributed by atoms with Crippen LogP contribution in [-0.4, -0.2) is 46.7 Å². The molecule has 1 aliphatic carbocycles. The van der Waals surface area contributed by atoms with Gasteiger partial charge in [0.1, 0.15) is 6.10 Å². The molecule has 6 atom stereocenters. The Bertz CT molecular complexity index is 791. The number of carbonyl (C=O) groups excluding carboxylic acids is 2. The topological polar surface area (TPSA) is 84.7 Å². The SMILES string of the molecule is CC(C)(C)N1C(C(N)=O)CC2CCCCC2C1CC1OC(=O)NC1Cc1ccccc1. The average molecular weight is 428 g/mol. The number of likely N-dealkylation sites (tertiary alicyclic amines) is 1. The number of cyclic esters (lactones) is 1. The van der Waals surface area contributed by atoms with Gasteiger partial charge in [0.25, 0.3) is 0 Å². The summed E-state index contributed by atoms with van der Waals surface area (Å²) < 4.78 is 5.79. The lowest BCUT2D eigenvalue weighted by Gasteiger charge is -2.56. The highest BCUT2D eigenvalue weighted by atomic mass is 16.6. The molecule has 0 spiro atoms. The number of carbonyl (C=O) groups is 2. The van der Waals surface area contributed by atoms with Gasteiger partial charge < -0.3 is 15.8 Å². The minimum atomic E-state index is -0.337. The van der Waals surface area contributed by atoms with Crippen molar-refractivity contribution < 1.29 is 14.3 Å². The van der Waals surface area contributed by atoms with Crippen LogP contribution in [0.3, 0.4) is 0 Å². The van der Waals surface area contributed by atoms with E-state index in [0.717, 1.165) is 19.3 Å². The lowest BCUT2D eigenvalue weighted by atomic mass is 9.66. The van der Waals surface area contributed by atoms with E-state index >= 15 is 0 Å². The number of hydrogen-bond donors (Lipinski definition) is 2. The Balaban J connectivity index is 1.61. The predicted octanol–water partition coefficient (Wildman–Crippen LogP) is 3.63. The van der Waals surface area contributed by atoms with Crippen molar-refractivity contribution in [3.63, 3.8) is 0 Å². The van der Waals surface area contributed by atoms with Crippen LogP contribution in [0.25, 0.3) is 0 Å². The number of fused-ring (bicyclic) bond motifs is 1. The molecule has 170 valence electrons. The molecule has 2 heterocycles. The van der Waals surface area contributed by atoms with Crippen molar-refractivity contribution in [2.45, 2.75) is 95.5 Å². The predicted molar refractivity (Wildman–Crippen MR) is 120 cm³/mol. The van der Waals surface area contributed by atoms with Gasteiger partial charge in [-0.15, -0.1) is 0 Å². The van der Waals surface area contributed by atoms with Gasteiger partial charge in [-0.3, -0.25) is 9.69 Å². The summed E-state index contributed by atoms with van der Waals surface area (Å²) in [6.45, 7) is 6.50. The third kappa shape index (κ3) is 4.74. The number of nitrogens with two attached hydrogens (primary N) is 1. The summed E-state index contributed by atoms with van der Waals surface area (Å²) in [5.41, 5.74) is 6.91. The maximum atomic E-state index is 12.5. The lowest BCUT2D eigenvalue weighted by Crippen LogP contribution is -2.65. The zero-order valence-corrected chi connectivity index (χ0v) is 19.0. The summed E-state index contributed by atoms with van der Waals surface area (Å²) in [6, 6.07) is 10.1. The molecule has 0 radical (unpaired) electrons. The van der Waals surface area contributed by atoms with Gasteiger partial charge in [-0.1, -0.05) is 49.6 Å². The van der Waals surface area contributed by atoms with Crippen LogP contribution in [0.1, 0.15) is 64.9 Å². The zero-order valence-electron chi connectivity index (χ0n) is 19.0. The molecule has 2 amide bonds. The van der Waals surface area contributed by atoms with E-state index < -0.39 is 0 Å². The largest absolute Gasteiger partial charge is 0.444 e. The molecule has 3 N–H and O–H groups in total. The van der Waals surface area contributed by atoms with Gasteiger partial charge in [-0.2, -0.15) is 0 Å². The number of piperidine rings is 1. The van der Waals surface area contributed by atoms with Crippen LogP contribution in [0.5, 0.6) is 0 Å². The van der Waals surface area contributed by atoms with Gasteiger partial charge in [0, 0.05) is 18.0 Å². The Kier molecular flexibility index (Phi) is 6.29. The van der Waals surface area contributed by atoms with E-state index in [1.165, 1.54) is 31.2 Å². The maximum Gasteiger partial charge on any atom is 0.407 e. The van der Waals surface area contributed by atoms with E-state index in [2.05, 4.69) is 43.1 Å². The first-order valence-corrected chi connectivity index (χ1v) is 11.8. The van der Waals surface area contributed by atoms with Gasteiger partial charge in [-0.25, -0.2) is 4.79 Å². The van der Waals surface area contributed by atoms with Crippen molar-refractivity contribution in [2.75, 3.05) is 0 Å². The van der Waals surface area contributed by atoms with Crippen LogP contribution in [0.15, 0.2) is 30.3 Å². The van der Waals surface area contributed by atoms with E-state index in [1.807, 2.05) is 18.2 Å². The molecule has 6 unspecified atom stereocenters. The summed E-state index contributed by atoms with van der Waals surface area (Å²) in [4.78, 5) is 27.1. The molecule has 3 aliphatic rings. The lowest BCUT2D eigenvalue weighted by molar-refractivity contribution is -0.138. The van der Waals surface area contributed by atoms with Gasteiger partial charge in [0.15, 0.2) is 0 Å². The molecule has 6 heteroatoms. The quantitative estimate of drug-likeness (QED) is 0.751. The molecule has 0 bridgehead atoms. The van der Waals surface area contributed by atoms with Crippen molar-refractivity contribution in [3.05, 3.63) is 35.9 Å². The van der Waals surface area contributed by atoms with Gasteiger partial charge >= 0.3 is 6.09 Å². The highest BCUT2D eigenvalue weighted by Crippen LogP contribution is 2.46. The Morgan fingerprint density at radius 3 is 2.58 bits per heavy atom. The van der Waals surface area contributed by atoms with Crippen LogP contribution in [0, 0.1) is 11.8 Å². The number of ether oxygens (including phenoxy) is 1. The fraction of sp³-hybridized carbons (Fsp3) is 0.680. The second kappa shape index (κ2) is 8.81. The van der Waals surface area contributed by atoms with Crippen LogP contribution in [-0.2, 0) is 16.0 Å². The molecular formula is C25H37N3O3. The molecule has 31 heavy (non-hydrogen) atoms. The number of nitrogens with one attached hydrogen (secondary N) is 1. The summed E-state index contributed by atoms with van der Waals surface area (Å²) >= 11 is 0. The van der Waals surface area contributed by atoms with E-state index in [1.54, 1.807) is 0 Å². The highest BCUT2D eigenvalue weighted by Gasteiger charge is 2.51. The Labute approximate surface area is 185 Å². The fourth-order valence-corrected chi connectivity index (χ4v) is 6.38. The van der Waals surface area contributed by atoms with Crippen molar-refractivity contribution in [3.8, 4) is 0 Å². The Morgan fingerprint density at radius 2 is 1.90 bits per heavy atom. The van der Waals surface area contributed by atoms with Gasteiger partial charge in [0.05, 0.1) is 12.1 Å². The second-order valence-electron chi connectivity index (χ2n) is 10.6. The first-order valence-electron chi connectivity index (χ1n) is 11.8. The molecule has 1 aromatic carbocycles. The molecule has 1 aromatic rings. The minimum Gasteiger partial charge on any atom is -0.444 e. The smallest absolute Gasteiger partial charge is 0.407 e. The number of nitrogens with zero attached hydrogens (tertiary/aromatic N) is 1. The average Bonchev–Trinajstić information content (AvgIpc) is 3.06. The number of alkyl carbamates (subject to hydrolysis) is 1. The third-order valence-corrected chi connectivity index (χ3v) is 7.57. The van der Waals surface area contributed by atoms with E-state index in [9.17, 15) is 9.59 Å². The van der Waals surface area contributed by atoms with E-state index in [4.69, 9.17) is 10.5 Å². The van der Waals surface area contributed by atoms with Crippen LogP contribution in [0.4, 0.5) is 4.79 Å². The second-order valence-corrected chi connectivity index (χ2v) is 10.6. The Hall–Kier alpha value is -2.08. The third-order valence-electron chi connectivity index (χ3n) is 7.57. The molecule has 2 saturated heterocycles. The van der Waals surface area contributed by atoms with Crippen LogP contribution in [0.2, 0.25) is 0 Å². The molecule has 4 rings (SSSR count).